The lowest BCUT2D eigenvalue weighted by atomic mass is 10.1. The van der Waals surface area contributed by atoms with E-state index in [1.165, 1.54) is 12.1 Å². The smallest absolute Gasteiger partial charge is 0.261 e. The summed E-state index contributed by atoms with van der Waals surface area (Å²) in [5.74, 6) is 0.634. The van der Waals surface area contributed by atoms with E-state index in [1.54, 1.807) is 31.4 Å². The number of hydrogen-bond donors (Lipinski definition) is 2. The number of anilines is 2. The summed E-state index contributed by atoms with van der Waals surface area (Å²) >= 11 is 0. The summed E-state index contributed by atoms with van der Waals surface area (Å²) in [6.45, 7) is 1.93. The molecule has 2 N–H and O–H groups in total. The summed E-state index contributed by atoms with van der Waals surface area (Å²) in [7, 11) is -2.09. The molecule has 3 aromatic rings. The normalized spacial score (nSPS) is 11.0. The highest BCUT2D eigenvalue weighted by molar-refractivity contribution is 7.92. The summed E-state index contributed by atoms with van der Waals surface area (Å²) in [6.07, 6.45) is 0.921. The minimum atomic E-state index is -3.70. The number of aryl methyl sites for hydroxylation is 2. The monoisotopic (exact) mass is 424 g/mol. The van der Waals surface area contributed by atoms with Crippen LogP contribution in [0.3, 0.4) is 0 Å². The molecule has 0 bridgehead atoms. The third-order valence-electron chi connectivity index (χ3n) is 4.55. The van der Waals surface area contributed by atoms with Crippen molar-refractivity contribution in [1.29, 1.82) is 0 Å². The van der Waals surface area contributed by atoms with Crippen LogP contribution in [-0.2, 0) is 21.2 Å². The Bertz CT molecular complexity index is 1090. The third-order valence-corrected chi connectivity index (χ3v) is 5.95. The summed E-state index contributed by atoms with van der Waals surface area (Å²) < 4.78 is 32.7. The molecule has 0 saturated heterocycles. The maximum absolute atomic E-state index is 12.5. The number of carbonyl (C=O) groups is 1. The zero-order valence-corrected chi connectivity index (χ0v) is 17.7. The van der Waals surface area contributed by atoms with Crippen molar-refractivity contribution in [2.75, 3.05) is 17.1 Å². The fourth-order valence-corrected chi connectivity index (χ4v) is 3.89. The first-order chi connectivity index (χ1) is 14.4. The number of amides is 1. The molecule has 6 nitrogen and oxygen atoms in total. The maximum Gasteiger partial charge on any atom is 0.261 e. The number of sulfonamides is 1. The van der Waals surface area contributed by atoms with Gasteiger partial charge in [-0.2, -0.15) is 0 Å². The molecular weight excluding hydrogens is 400 g/mol. The number of rotatable bonds is 8. The molecule has 0 unspecified atom stereocenters. The molecule has 0 saturated carbocycles. The molecular formula is C23H24N2O4S. The Kier molecular flexibility index (Phi) is 6.74. The van der Waals surface area contributed by atoms with E-state index < -0.39 is 10.0 Å². The van der Waals surface area contributed by atoms with Crippen LogP contribution in [0.5, 0.6) is 5.75 Å². The van der Waals surface area contributed by atoms with Crippen molar-refractivity contribution >= 4 is 27.3 Å². The first kappa shape index (κ1) is 21.4. The lowest BCUT2D eigenvalue weighted by Crippen LogP contribution is -2.14. The van der Waals surface area contributed by atoms with Crippen molar-refractivity contribution in [3.8, 4) is 5.75 Å². The Labute approximate surface area is 177 Å². The minimum Gasteiger partial charge on any atom is -0.497 e. The molecule has 1 amide bonds. The van der Waals surface area contributed by atoms with E-state index in [-0.39, 0.29) is 10.8 Å². The summed E-state index contributed by atoms with van der Waals surface area (Å²) in [5, 5.41) is 2.79. The van der Waals surface area contributed by atoms with E-state index in [4.69, 9.17) is 4.74 Å². The van der Waals surface area contributed by atoms with Crippen LogP contribution in [0.1, 0.15) is 17.5 Å². The van der Waals surface area contributed by atoms with Crippen molar-refractivity contribution in [3.63, 3.8) is 0 Å². The Morgan fingerprint density at radius 2 is 1.47 bits per heavy atom. The largest absolute Gasteiger partial charge is 0.497 e. The summed E-state index contributed by atoms with van der Waals surface area (Å²) in [5.41, 5.74) is 3.13. The molecule has 0 aliphatic carbocycles. The van der Waals surface area contributed by atoms with Crippen LogP contribution in [-0.4, -0.2) is 21.4 Å². The van der Waals surface area contributed by atoms with E-state index in [9.17, 15) is 13.2 Å². The van der Waals surface area contributed by atoms with Gasteiger partial charge in [0.25, 0.3) is 10.0 Å². The highest BCUT2D eigenvalue weighted by Crippen LogP contribution is 2.19. The van der Waals surface area contributed by atoms with Gasteiger partial charge in [0.15, 0.2) is 0 Å². The number of hydrogen-bond acceptors (Lipinski definition) is 4. The molecule has 0 fully saturated rings. The van der Waals surface area contributed by atoms with Gasteiger partial charge < -0.3 is 10.1 Å². The Balaban J connectivity index is 1.56. The van der Waals surface area contributed by atoms with Crippen LogP contribution in [0.4, 0.5) is 11.4 Å². The van der Waals surface area contributed by atoms with Gasteiger partial charge in [-0.3, -0.25) is 9.52 Å². The van der Waals surface area contributed by atoms with Gasteiger partial charge in [0.2, 0.25) is 5.91 Å². The second kappa shape index (κ2) is 9.45. The van der Waals surface area contributed by atoms with Crippen molar-refractivity contribution in [2.45, 2.75) is 24.7 Å². The second-order valence-corrected chi connectivity index (χ2v) is 8.57. The van der Waals surface area contributed by atoms with Crippen LogP contribution >= 0.6 is 0 Å². The van der Waals surface area contributed by atoms with Crippen LogP contribution in [0, 0.1) is 6.92 Å². The minimum absolute atomic E-state index is 0.124. The van der Waals surface area contributed by atoms with Crippen molar-refractivity contribution in [1.82, 2.24) is 0 Å². The SMILES string of the molecule is COc1ccc(CCC(=O)Nc2ccc(S(=O)(=O)Nc3ccc(C)cc3)cc2)cc1. The van der Waals surface area contributed by atoms with Crippen LogP contribution in [0.15, 0.2) is 77.7 Å². The quantitative estimate of drug-likeness (QED) is 0.562. The molecule has 0 atom stereocenters. The predicted octanol–water partition coefficient (Wildman–Crippen LogP) is 4.38. The lowest BCUT2D eigenvalue weighted by molar-refractivity contribution is -0.116. The van der Waals surface area contributed by atoms with Gasteiger partial charge in [0.05, 0.1) is 12.0 Å². The molecule has 0 radical (unpaired) electrons. The van der Waals surface area contributed by atoms with Gasteiger partial charge in [0.1, 0.15) is 5.75 Å². The average molecular weight is 425 g/mol. The molecule has 0 spiro atoms. The van der Waals surface area contributed by atoms with Gasteiger partial charge in [-0.1, -0.05) is 29.8 Å². The fourth-order valence-electron chi connectivity index (χ4n) is 2.83. The molecule has 0 aliphatic rings. The highest BCUT2D eigenvalue weighted by Gasteiger charge is 2.14. The van der Waals surface area contributed by atoms with E-state index in [2.05, 4.69) is 10.0 Å². The topological polar surface area (TPSA) is 84.5 Å². The molecule has 0 aliphatic heterocycles. The molecule has 30 heavy (non-hydrogen) atoms. The van der Waals surface area contributed by atoms with Gasteiger partial charge in [-0.25, -0.2) is 8.42 Å². The Hall–Kier alpha value is -3.32. The highest BCUT2D eigenvalue weighted by atomic mass is 32.2. The number of ether oxygens (including phenoxy) is 1. The van der Waals surface area contributed by atoms with Gasteiger partial charge in [0, 0.05) is 17.8 Å². The molecule has 3 aromatic carbocycles. The number of methoxy groups -OCH3 is 1. The van der Waals surface area contributed by atoms with Crippen LogP contribution in [0.2, 0.25) is 0 Å². The molecule has 156 valence electrons. The first-order valence-electron chi connectivity index (χ1n) is 9.48. The van der Waals surface area contributed by atoms with E-state index in [0.717, 1.165) is 16.9 Å². The maximum atomic E-state index is 12.5. The zero-order chi connectivity index (χ0) is 21.6. The molecule has 0 heterocycles. The number of benzene rings is 3. The van der Waals surface area contributed by atoms with Gasteiger partial charge in [-0.15, -0.1) is 0 Å². The third kappa shape index (κ3) is 5.84. The summed E-state index contributed by atoms with van der Waals surface area (Å²) in [4.78, 5) is 12.3. The standard InChI is InChI=1S/C23H24N2O4S/c1-17-3-8-20(9-4-17)25-30(27,28)22-14-10-19(11-15-22)24-23(26)16-7-18-5-12-21(29-2)13-6-18/h3-6,8-15,25H,7,16H2,1-2H3,(H,24,26). The fraction of sp³-hybridized carbons (Fsp3) is 0.174. The molecule has 7 heteroatoms. The number of nitrogens with one attached hydrogen (secondary N) is 2. The first-order valence-corrected chi connectivity index (χ1v) is 11.0. The van der Waals surface area contributed by atoms with Crippen molar-refractivity contribution < 1.29 is 17.9 Å². The molecule has 3 rings (SSSR count). The Morgan fingerprint density at radius 3 is 2.07 bits per heavy atom. The van der Waals surface area contributed by atoms with Crippen LogP contribution < -0.4 is 14.8 Å². The van der Waals surface area contributed by atoms with Gasteiger partial charge in [-0.05, 0) is 67.4 Å². The average Bonchev–Trinajstić information content (AvgIpc) is 2.74. The van der Waals surface area contributed by atoms with E-state index in [1.807, 2.05) is 43.3 Å². The van der Waals surface area contributed by atoms with Crippen molar-refractivity contribution in [2.24, 2.45) is 0 Å². The van der Waals surface area contributed by atoms with E-state index >= 15 is 0 Å². The Morgan fingerprint density at radius 1 is 0.867 bits per heavy atom. The van der Waals surface area contributed by atoms with E-state index in [0.29, 0.717) is 24.2 Å². The molecule has 0 aromatic heterocycles. The van der Waals surface area contributed by atoms with Crippen molar-refractivity contribution in [3.05, 3.63) is 83.9 Å². The van der Waals surface area contributed by atoms with Gasteiger partial charge >= 0.3 is 0 Å². The van der Waals surface area contributed by atoms with Crippen LogP contribution in [0.25, 0.3) is 0 Å². The second-order valence-electron chi connectivity index (χ2n) is 6.89. The number of carbonyl (C=O) groups excluding carboxylic acids is 1. The summed E-state index contributed by atoms with van der Waals surface area (Å²) in [6, 6.07) is 20.8. The predicted molar refractivity (Wildman–Crippen MR) is 118 cm³/mol. The lowest BCUT2D eigenvalue weighted by Gasteiger charge is -2.10. The zero-order valence-electron chi connectivity index (χ0n) is 16.9.